The quantitative estimate of drug-likeness (QED) is 0.701. The smallest absolute Gasteiger partial charge is 0.282 e. The first-order valence-corrected chi connectivity index (χ1v) is 6.43. The Hall–Kier alpha value is -2.11. The van der Waals surface area contributed by atoms with Gasteiger partial charge in [0.25, 0.3) is 5.91 Å². The summed E-state index contributed by atoms with van der Waals surface area (Å²) in [6.07, 6.45) is 0. The number of nitrogen functional groups attached to an aromatic ring is 1. The number of hydrogen-bond acceptors (Lipinski definition) is 4. The van der Waals surface area contributed by atoms with Gasteiger partial charge in [-0.2, -0.15) is 4.68 Å². The maximum Gasteiger partial charge on any atom is 0.282 e. The van der Waals surface area contributed by atoms with Gasteiger partial charge in [0.15, 0.2) is 0 Å². The summed E-state index contributed by atoms with van der Waals surface area (Å²) in [5, 5.41) is 8.33. The molecular formula is C13H8Cl2N4O. The predicted molar refractivity (Wildman–Crippen MR) is 78.1 cm³/mol. The minimum Gasteiger partial charge on any atom is -0.397 e. The largest absolute Gasteiger partial charge is 0.397 e. The Morgan fingerprint density at radius 2 is 1.95 bits per heavy atom. The fraction of sp³-hybridized carbons (Fsp3) is 0. The van der Waals surface area contributed by atoms with E-state index < -0.39 is 5.91 Å². The third kappa shape index (κ3) is 2.01. The van der Waals surface area contributed by atoms with Crippen LogP contribution in [-0.4, -0.2) is 20.9 Å². The van der Waals surface area contributed by atoms with Crippen molar-refractivity contribution in [2.45, 2.75) is 0 Å². The van der Waals surface area contributed by atoms with Crippen LogP contribution in [0.1, 0.15) is 10.4 Å². The minimum atomic E-state index is -0.430. The first-order chi connectivity index (χ1) is 9.58. The number of halogens is 2. The van der Waals surface area contributed by atoms with Gasteiger partial charge in [0.1, 0.15) is 5.52 Å². The number of nitrogens with two attached hydrogens (primary N) is 1. The van der Waals surface area contributed by atoms with Crippen LogP contribution in [0.25, 0.3) is 11.0 Å². The van der Waals surface area contributed by atoms with Gasteiger partial charge in [-0.3, -0.25) is 4.79 Å². The number of carbonyl (C=O) groups excluding carboxylic acids is 1. The highest BCUT2D eigenvalue weighted by Gasteiger charge is 2.18. The SMILES string of the molecule is Nc1c(Cl)cc(Cl)cc1C(=O)n1nnc2ccccc21. The molecule has 0 unspecified atom stereocenters. The second-order valence-electron chi connectivity index (χ2n) is 4.14. The van der Waals surface area contributed by atoms with Crippen molar-refractivity contribution < 1.29 is 4.79 Å². The zero-order chi connectivity index (χ0) is 14.3. The van der Waals surface area contributed by atoms with Crippen molar-refractivity contribution in [3.63, 3.8) is 0 Å². The number of aromatic nitrogens is 3. The molecule has 0 radical (unpaired) electrons. The van der Waals surface area contributed by atoms with Crippen LogP contribution in [0.5, 0.6) is 0 Å². The normalized spacial score (nSPS) is 10.9. The molecule has 0 bridgehead atoms. The number of hydrogen-bond donors (Lipinski definition) is 1. The summed E-state index contributed by atoms with van der Waals surface area (Å²) >= 11 is 11.8. The molecule has 0 spiro atoms. The molecule has 100 valence electrons. The van der Waals surface area contributed by atoms with E-state index in [1.165, 1.54) is 16.8 Å². The fourth-order valence-electron chi connectivity index (χ4n) is 1.89. The molecule has 2 N–H and O–H groups in total. The zero-order valence-electron chi connectivity index (χ0n) is 10.0. The molecule has 5 nitrogen and oxygen atoms in total. The van der Waals surface area contributed by atoms with Gasteiger partial charge in [0.05, 0.1) is 21.8 Å². The molecular weight excluding hydrogens is 299 g/mol. The van der Waals surface area contributed by atoms with E-state index in [1.54, 1.807) is 18.2 Å². The minimum absolute atomic E-state index is 0.167. The summed E-state index contributed by atoms with van der Waals surface area (Å²) in [7, 11) is 0. The molecule has 20 heavy (non-hydrogen) atoms. The molecule has 0 amide bonds. The van der Waals surface area contributed by atoms with Crippen LogP contribution in [-0.2, 0) is 0 Å². The van der Waals surface area contributed by atoms with E-state index in [9.17, 15) is 4.79 Å². The molecule has 0 aliphatic carbocycles. The molecule has 0 aliphatic heterocycles. The van der Waals surface area contributed by atoms with Crippen LogP contribution in [0.3, 0.4) is 0 Å². The van der Waals surface area contributed by atoms with Crippen LogP contribution in [0.2, 0.25) is 10.0 Å². The summed E-state index contributed by atoms with van der Waals surface area (Å²) in [4.78, 5) is 12.5. The van der Waals surface area contributed by atoms with Crippen molar-refractivity contribution in [2.24, 2.45) is 0 Å². The number of anilines is 1. The van der Waals surface area contributed by atoms with E-state index in [0.717, 1.165) is 0 Å². The Morgan fingerprint density at radius 3 is 2.75 bits per heavy atom. The first kappa shape index (κ1) is 12.9. The Morgan fingerprint density at radius 1 is 1.20 bits per heavy atom. The Bertz CT molecular complexity index is 828. The second-order valence-corrected chi connectivity index (χ2v) is 4.99. The van der Waals surface area contributed by atoms with Crippen molar-refractivity contribution in [2.75, 3.05) is 5.73 Å². The van der Waals surface area contributed by atoms with Gasteiger partial charge in [-0.05, 0) is 24.3 Å². The van der Waals surface area contributed by atoms with Crippen LogP contribution in [0.4, 0.5) is 5.69 Å². The highest BCUT2D eigenvalue weighted by Crippen LogP contribution is 2.28. The van der Waals surface area contributed by atoms with E-state index >= 15 is 0 Å². The first-order valence-electron chi connectivity index (χ1n) is 5.67. The average molecular weight is 307 g/mol. The van der Waals surface area contributed by atoms with Gasteiger partial charge in [-0.1, -0.05) is 40.5 Å². The highest BCUT2D eigenvalue weighted by molar-refractivity contribution is 6.37. The molecule has 0 saturated carbocycles. The standard InChI is InChI=1S/C13H8Cl2N4O/c14-7-5-8(12(16)9(15)6-7)13(20)19-11-4-2-1-3-10(11)17-18-19/h1-6H,16H2. The van der Waals surface area contributed by atoms with Gasteiger partial charge >= 0.3 is 0 Å². The van der Waals surface area contributed by atoms with E-state index in [4.69, 9.17) is 28.9 Å². The topological polar surface area (TPSA) is 73.8 Å². The fourth-order valence-corrected chi connectivity index (χ4v) is 2.39. The molecule has 0 atom stereocenters. The van der Waals surface area contributed by atoms with E-state index in [0.29, 0.717) is 16.1 Å². The van der Waals surface area contributed by atoms with Crippen molar-refractivity contribution in [3.05, 3.63) is 52.0 Å². The molecule has 3 rings (SSSR count). The lowest BCUT2D eigenvalue weighted by molar-refractivity contribution is 0.0949. The van der Waals surface area contributed by atoms with Crippen LogP contribution < -0.4 is 5.73 Å². The summed E-state index contributed by atoms with van der Waals surface area (Å²) in [5.74, 6) is -0.430. The molecule has 0 aliphatic rings. The lowest BCUT2D eigenvalue weighted by atomic mass is 10.1. The van der Waals surface area contributed by atoms with Crippen molar-refractivity contribution in [1.29, 1.82) is 0 Å². The average Bonchev–Trinajstić information content (AvgIpc) is 2.86. The number of rotatable bonds is 1. The summed E-state index contributed by atoms with van der Waals surface area (Å²) in [6, 6.07) is 10.1. The Kier molecular flexibility index (Phi) is 3.08. The molecule has 1 heterocycles. The number of carbonyl (C=O) groups is 1. The molecule has 7 heteroatoms. The number of fused-ring (bicyclic) bond motifs is 1. The monoisotopic (exact) mass is 306 g/mol. The lowest BCUT2D eigenvalue weighted by Gasteiger charge is -2.07. The van der Waals surface area contributed by atoms with Crippen molar-refractivity contribution >= 4 is 45.8 Å². The number of benzene rings is 2. The number of nitrogens with zero attached hydrogens (tertiary/aromatic N) is 3. The zero-order valence-corrected chi connectivity index (χ0v) is 11.6. The van der Waals surface area contributed by atoms with E-state index in [1.807, 2.05) is 6.07 Å². The maximum atomic E-state index is 12.5. The number of para-hydroxylation sites is 1. The Balaban J connectivity index is 2.18. The molecule has 0 saturated heterocycles. The third-order valence-corrected chi connectivity index (χ3v) is 3.40. The van der Waals surface area contributed by atoms with E-state index in [-0.39, 0.29) is 16.3 Å². The molecule has 0 fully saturated rings. The van der Waals surface area contributed by atoms with Crippen LogP contribution in [0.15, 0.2) is 36.4 Å². The lowest BCUT2D eigenvalue weighted by Crippen LogP contribution is -2.15. The van der Waals surface area contributed by atoms with E-state index in [2.05, 4.69) is 10.3 Å². The van der Waals surface area contributed by atoms with Crippen LogP contribution in [0, 0.1) is 0 Å². The van der Waals surface area contributed by atoms with Gasteiger partial charge < -0.3 is 5.73 Å². The van der Waals surface area contributed by atoms with Gasteiger partial charge in [0.2, 0.25) is 0 Å². The van der Waals surface area contributed by atoms with Gasteiger partial charge in [-0.25, -0.2) is 0 Å². The predicted octanol–water partition coefficient (Wildman–Crippen LogP) is 3.01. The molecule has 3 aromatic rings. The Labute approximate surface area is 123 Å². The van der Waals surface area contributed by atoms with Crippen molar-refractivity contribution in [3.8, 4) is 0 Å². The summed E-state index contributed by atoms with van der Waals surface area (Å²) in [5.41, 5.74) is 7.40. The summed E-state index contributed by atoms with van der Waals surface area (Å²) < 4.78 is 1.17. The molecule has 1 aromatic heterocycles. The molecule has 2 aromatic carbocycles. The van der Waals surface area contributed by atoms with Gasteiger partial charge in [0, 0.05) is 5.02 Å². The second kappa shape index (κ2) is 4.77. The highest BCUT2D eigenvalue weighted by atomic mass is 35.5. The van der Waals surface area contributed by atoms with Crippen LogP contribution >= 0.6 is 23.2 Å². The van der Waals surface area contributed by atoms with Gasteiger partial charge in [-0.15, -0.1) is 5.10 Å². The van der Waals surface area contributed by atoms with Crippen molar-refractivity contribution in [1.82, 2.24) is 15.0 Å². The summed E-state index contributed by atoms with van der Waals surface area (Å²) in [6.45, 7) is 0. The maximum absolute atomic E-state index is 12.5. The third-order valence-electron chi connectivity index (χ3n) is 2.87.